The first kappa shape index (κ1) is 18.0. The Labute approximate surface area is 159 Å². The number of amides is 1. The summed E-state index contributed by atoms with van der Waals surface area (Å²) in [7, 11) is -3.77. The van der Waals surface area contributed by atoms with Crippen molar-refractivity contribution in [3.05, 3.63) is 59.7 Å². The molecular formula is C20H22N2O4S. The fourth-order valence-corrected chi connectivity index (χ4v) is 5.27. The molecule has 142 valence electrons. The number of carbonyl (C=O) groups excluding carboxylic acids is 1. The van der Waals surface area contributed by atoms with E-state index in [9.17, 15) is 13.2 Å². The second-order valence-electron chi connectivity index (χ2n) is 6.93. The highest BCUT2D eigenvalue weighted by atomic mass is 32.2. The molecule has 1 fully saturated rings. The Kier molecular flexibility index (Phi) is 4.65. The summed E-state index contributed by atoms with van der Waals surface area (Å²) >= 11 is 0. The molecule has 0 spiro atoms. The minimum atomic E-state index is -3.77. The van der Waals surface area contributed by atoms with Gasteiger partial charge in [0.1, 0.15) is 4.90 Å². The van der Waals surface area contributed by atoms with Crippen molar-refractivity contribution in [1.82, 2.24) is 4.31 Å². The Morgan fingerprint density at radius 2 is 1.81 bits per heavy atom. The minimum absolute atomic E-state index is 0.101. The van der Waals surface area contributed by atoms with Crippen molar-refractivity contribution < 1.29 is 17.9 Å². The molecule has 0 aliphatic carbocycles. The molecule has 1 unspecified atom stereocenters. The second kappa shape index (κ2) is 6.98. The van der Waals surface area contributed by atoms with Crippen LogP contribution in [0.2, 0.25) is 0 Å². The van der Waals surface area contributed by atoms with Gasteiger partial charge in [0.25, 0.3) is 15.9 Å². The third kappa shape index (κ3) is 3.21. The predicted molar refractivity (Wildman–Crippen MR) is 103 cm³/mol. The van der Waals surface area contributed by atoms with Gasteiger partial charge in [0.05, 0.1) is 18.8 Å². The SMILES string of the molecule is CC(CN1C(=O)c2ccccc2S1(=O)=O)c1cccc(N2CCOCC2)c1. The molecule has 6 nitrogen and oxygen atoms in total. The first-order chi connectivity index (χ1) is 13.0. The monoisotopic (exact) mass is 386 g/mol. The summed E-state index contributed by atoms with van der Waals surface area (Å²) in [5.41, 5.74) is 2.37. The molecule has 0 saturated carbocycles. The van der Waals surface area contributed by atoms with Gasteiger partial charge in [-0.2, -0.15) is 0 Å². The van der Waals surface area contributed by atoms with Crippen LogP contribution in [-0.4, -0.2) is 51.5 Å². The first-order valence-corrected chi connectivity index (χ1v) is 10.5. The van der Waals surface area contributed by atoms with Crippen LogP contribution in [0.25, 0.3) is 0 Å². The average molecular weight is 386 g/mol. The van der Waals surface area contributed by atoms with Crippen LogP contribution in [0.4, 0.5) is 5.69 Å². The summed E-state index contributed by atoms with van der Waals surface area (Å²) in [5.74, 6) is -0.555. The second-order valence-corrected chi connectivity index (χ2v) is 8.76. The molecular weight excluding hydrogens is 364 g/mol. The molecule has 2 heterocycles. The molecule has 2 aromatic carbocycles. The Morgan fingerprint density at radius 1 is 1.07 bits per heavy atom. The van der Waals surface area contributed by atoms with Gasteiger partial charge in [0.15, 0.2) is 0 Å². The lowest BCUT2D eigenvalue weighted by Crippen LogP contribution is -2.36. The van der Waals surface area contributed by atoms with Crippen LogP contribution in [0.3, 0.4) is 0 Å². The number of sulfonamides is 1. The number of hydrogen-bond acceptors (Lipinski definition) is 5. The van der Waals surface area contributed by atoms with Gasteiger partial charge >= 0.3 is 0 Å². The van der Waals surface area contributed by atoms with Crippen molar-refractivity contribution in [2.75, 3.05) is 37.7 Å². The van der Waals surface area contributed by atoms with Gasteiger partial charge in [0.2, 0.25) is 0 Å². The van der Waals surface area contributed by atoms with Gasteiger partial charge in [-0.1, -0.05) is 31.2 Å². The van der Waals surface area contributed by atoms with E-state index in [0.717, 1.165) is 28.6 Å². The summed E-state index contributed by atoms with van der Waals surface area (Å²) in [6.07, 6.45) is 0. The van der Waals surface area contributed by atoms with Crippen molar-refractivity contribution in [3.8, 4) is 0 Å². The lowest BCUT2D eigenvalue weighted by Gasteiger charge is -2.29. The molecule has 2 aromatic rings. The maximum atomic E-state index is 12.8. The average Bonchev–Trinajstić information content (AvgIpc) is 2.90. The Balaban J connectivity index is 1.56. The summed E-state index contributed by atoms with van der Waals surface area (Å²) in [6, 6.07) is 14.5. The molecule has 1 atom stereocenters. The largest absolute Gasteiger partial charge is 0.378 e. The molecule has 0 radical (unpaired) electrons. The Bertz CT molecular complexity index is 967. The lowest BCUT2D eigenvalue weighted by molar-refractivity contribution is 0.0866. The van der Waals surface area contributed by atoms with E-state index in [-0.39, 0.29) is 22.9 Å². The predicted octanol–water partition coefficient (Wildman–Crippen LogP) is 2.47. The number of morpholine rings is 1. The third-order valence-electron chi connectivity index (χ3n) is 5.17. The van der Waals surface area contributed by atoms with E-state index in [0.29, 0.717) is 13.2 Å². The molecule has 7 heteroatoms. The minimum Gasteiger partial charge on any atom is -0.378 e. The smallest absolute Gasteiger partial charge is 0.269 e. The first-order valence-electron chi connectivity index (χ1n) is 9.07. The quantitative estimate of drug-likeness (QED) is 0.808. The molecule has 27 heavy (non-hydrogen) atoms. The van der Waals surface area contributed by atoms with Gasteiger partial charge < -0.3 is 9.64 Å². The van der Waals surface area contributed by atoms with E-state index in [1.807, 2.05) is 19.1 Å². The zero-order chi connectivity index (χ0) is 19.0. The molecule has 4 rings (SSSR count). The highest BCUT2D eigenvalue weighted by molar-refractivity contribution is 7.90. The van der Waals surface area contributed by atoms with Crippen LogP contribution in [0.15, 0.2) is 53.4 Å². The molecule has 0 bridgehead atoms. The number of fused-ring (bicyclic) bond motifs is 1. The van der Waals surface area contributed by atoms with Crippen molar-refractivity contribution in [1.29, 1.82) is 0 Å². The van der Waals surface area contributed by atoms with Gasteiger partial charge in [-0.25, -0.2) is 12.7 Å². The van der Waals surface area contributed by atoms with E-state index in [1.165, 1.54) is 6.07 Å². The zero-order valence-electron chi connectivity index (χ0n) is 15.2. The fourth-order valence-electron chi connectivity index (χ4n) is 3.62. The van der Waals surface area contributed by atoms with Crippen LogP contribution >= 0.6 is 0 Å². The molecule has 0 aromatic heterocycles. The van der Waals surface area contributed by atoms with Crippen molar-refractivity contribution in [2.45, 2.75) is 17.7 Å². The fraction of sp³-hybridized carbons (Fsp3) is 0.350. The lowest BCUT2D eigenvalue weighted by atomic mass is 10.00. The van der Waals surface area contributed by atoms with E-state index in [1.54, 1.807) is 18.2 Å². The summed E-state index contributed by atoms with van der Waals surface area (Å²) in [5, 5.41) is 0. The van der Waals surface area contributed by atoms with Crippen LogP contribution in [0, 0.1) is 0 Å². The maximum absolute atomic E-state index is 12.8. The van der Waals surface area contributed by atoms with Crippen LogP contribution in [0.5, 0.6) is 0 Å². The molecule has 1 amide bonds. The van der Waals surface area contributed by atoms with Crippen LogP contribution in [0.1, 0.15) is 28.8 Å². The highest BCUT2D eigenvalue weighted by Gasteiger charge is 2.41. The van der Waals surface area contributed by atoms with Gasteiger partial charge in [-0.15, -0.1) is 0 Å². The number of ether oxygens (including phenoxy) is 1. The summed E-state index contributed by atoms with van der Waals surface area (Å²) < 4.78 is 31.9. The number of benzene rings is 2. The molecule has 2 aliphatic rings. The van der Waals surface area contributed by atoms with Crippen molar-refractivity contribution >= 4 is 21.6 Å². The standard InChI is InChI=1S/C20H22N2O4S/c1-15(16-5-4-6-17(13-16)21-9-11-26-12-10-21)14-22-20(23)18-7-2-3-8-19(18)27(22,24)25/h2-8,13,15H,9-12,14H2,1H3. The Morgan fingerprint density at radius 3 is 2.56 bits per heavy atom. The summed E-state index contributed by atoms with van der Waals surface area (Å²) in [6.45, 7) is 5.17. The van der Waals surface area contributed by atoms with E-state index in [4.69, 9.17) is 4.74 Å². The van der Waals surface area contributed by atoms with Crippen LogP contribution < -0.4 is 4.90 Å². The number of hydrogen-bond donors (Lipinski definition) is 0. The number of nitrogens with zero attached hydrogens (tertiary/aromatic N) is 2. The Hall–Kier alpha value is -2.38. The van der Waals surface area contributed by atoms with Gasteiger partial charge in [-0.3, -0.25) is 4.79 Å². The number of rotatable bonds is 4. The van der Waals surface area contributed by atoms with E-state index in [2.05, 4.69) is 17.0 Å². The number of anilines is 1. The van der Waals surface area contributed by atoms with Crippen molar-refractivity contribution in [2.24, 2.45) is 0 Å². The molecule has 1 saturated heterocycles. The third-order valence-corrected chi connectivity index (χ3v) is 6.97. The van der Waals surface area contributed by atoms with Gasteiger partial charge in [0, 0.05) is 25.3 Å². The summed E-state index contributed by atoms with van der Waals surface area (Å²) in [4.78, 5) is 15.0. The molecule has 2 aliphatic heterocycles. The maximum Gasteiger partial charge on any atom is 0.269 e. The normalized spacial score (nSPS) is 19.8. The van der Waals surface area contributed by atoms with E-state index >= 15 is 0 Å². The highest BCUT2D eigenvalue weighted by Crippen LogP contribution is 2.32. The van der Waals surface area contributed by atoms with Crippen LogP contribution in [-0.2, 0) is 14.8 Å². The topological polar surface area (TPSA) is 66.9 Å². The van der Waals surface area contributed by atoms with E-state index < -0.39 is 15.9 Å². The number of carbonyl (C=O) groups is 1. The van der Waals surface area contributed by atoms with Crippen molar-refractivity contribution in [3.63, 3.8) is 0 Å². The van der Waals surface area contributed by atoms with Gasteiger partial charge in [-0.05, 0) is 35.7 Å². The molecule has 0 N–H and O–H groups in total. The zero-order valence-corrected chi connectivity index (χ0v) is 16.0.